The van der Waals surface area contributed by atoms with Crippen molar-refractivity contribution in [3.63, 3.8) is 0 Å². The number of hydrogen-bond acceptors (Lipinski definition) is 2. The largest absolute Gasteiger partial charge is 0.496 e. The Morgan fingerprint density at radius 1 is 1.35 bits per heavy atom. The van der Waals surface area contributed by atoms with Crippen LogP contribution in [0.2, 0.25) is 0 Å². The molecule has 96 valence electrons. The first kappa shape index (κ1) is 14.5. The number of rotatable bonds is 4. The Morgan fingerprint density at radius 3 is 2.47 bits per heavy atom. The van der Waals surface area contributed by atoms with Gasteiger partial charge in [-0.3, -0.25) is 0 Å². The van der Waals surface area contributed by atoms with E-state index in [1.807, 2.05) is 18.2 Å². The molecule has 1 N–H and O–H groups in total. The fourth-order valence-electron chi connectivity index (χ4n) is 1.63. The second-order valence-corrected chi connectivity index (χ2v) is 6.36. The normalized spacial score (nSPS) is 13.5. The highest BCUT2D eigenvalue weighted by Crippen LogP contribution is 2.31. The maximum atomic E-state index is 10.1. The molecule has 0 heterocycles. The van der Waals surface area contributed by atoms with Crippen LogP contribution >= 0.6 is 15.9 Å². The summed E-state index contributed by atoms with van der Waals surface area (Å²) in [4.78, 5) is 0. The van der Waals surface area contributed by atoms with E-state index in [-0.39, 0.29) is 5.41 Å². The van der Waals surface area contributed by atoms with E-state index < -0.39 is 6.10 Å². The summed E-state index contributed by atoms with van der Waals surface area (Å²) in [5.41, 5.74) is 1.19. The third kappa shape index (κ3) is 4.68. The van der Waals surface area contributed by atoms with Gasteiger partial charge < -0.3 is 9.84 Å². The van der Waals surface area contributed by atoms with Crippen molar-refractivity contribution in [2.24, 2.45) is 5.41 Å². The zero-order valence-corrected chi connectivity index (χ0v) is 12.5. The van der Waals surface area contributed by atoms with Gasteiger partial charge >= 0.3 is 0 Å². The maximum absolute atomic E-state index is 10.1. The minimum atomic E-state index is -0.406. The fraction of sp³-hybridized carbons (Fsp3) is 0.571. The predicted molar refractivity (Wildman–Crippen MR) is 74.3 cm³/mol. The molecule has 1 atom stereocenters. The van der Waals surface area contributed by atoms with E-state index in [0.717, 1.165) is 28.6 Å². The highest BCUT2D eigenvalue weighted by atomic mass is 79.9. The van der Waals surface area contributed by atoms with Crippen molar-refractivity contribution in [3.05, 3.63) is 28.2 Å². The molecule has 0 fully saturated rings. The van der Waals surface area contributed by atoms with Crippen LogP contribution in [0.25, 0.3) is 0 Å². The van der Waals surface area contributed by atoms with Gasteiger partial charge in [-0.2, -0.15) is 0 Å². The van der Waals surface area contributed by atoms with Crippen molar-refractivity contribution in [1.82, 2.24) is 0 Å². The van der Waals surface area contributed by atoms with Gasteiger partial charge in [-0.1, -0.05) is 26.8 Å². The van der Waals surface area contributed by atoms with E-state index in [2.05, 4.69) is 36.7 Å². The lowest BCUT2D eigenvalue weighted by molar-refractivity contribution is 0.147. The second kappa shape index (κ2) is 5.87. The molecule has 17 heavy (non-hydrogen) atoms. The Kier molecular flexibility index (Phi) is 5.02. The van der Waals surface area contributed by atoms with Crippen molar-refractivity contribution < 1.29 is 9.84 Å². The lowest BCUT2D eigenvalue weighted by Crippen LogP contribution is -2.08. The minimum Gasteiger partial charge on any atom is -0.496 e. The van der Waals surface area contributed by atoms with Gasteiger partial charge in [0.1, 0.15) is 5.75 Å². The molecule has 1 aromatic carbocycles. The summed E-state index contributed by atoms with van der Waals surface area (Å²) in [6.45, 7) is 6.55. The first-order valence-electron chi connectivity index (χ1n) is 5.85. The molecule has 0 saturated carbocycles. The SMILES string of the molecule is COc1ccc(C(O)CCC(C)(C)C)cc1Br. The summed E-state index contributed by atoms with van der Waals surface area (Å²) in [6, 6.07) is 5.71. The summed E-state index contributed by atoms with van der Waals surface area (Å²) in [6.07, 6.45) is 1.37. The monoisotopic (exact) mass is 300 g/mol. The number of hydrogen-bond donors (Lipinski definition) is 1. The molecule has 0 aromatic heterocycles. The van der Waals surface area contributed by atoms with Gasteiger partial charge in [-0.05, 0) is 51.9 Å². The molecule has 0 aliphatic rings. The van der Waals surface area contributed by atoms with Crippen molar-refractivity contribution >= 4 is 15.9 Å². The topological polar surface area (TPSA) is 29.5 Å². The second-order valence-electron chi connectivity index (χ2n) is 5.51. The smallest absolute Gasteiger partial charge is 0.133 e. The number of ether oxygens (including phenoxy) is 1. The third-order valence-corrected chi connectivity index (χ3v) is 3.35. The highest BCUT2D eigenvalue weighted by molar-refractivity contribution is 9.10. The summed E-state index contributed by atoms with van der Waals surface area (Å²) in [5, 5.41) is 10.1. The van der Waals surface area contributed by atoms with Gasteiger partial charge in [0.15, 0.2) is 0 Å². The van der Waals surface area contributed by atoms with Gasteiger partial charge in [0.2, 0.25) is 0 Å². The third-order valence-electron chi connectivity index (χ3n) is 2.73. The first-order valence-corrected chi connectivity index (χ1v) is 6.64. The first-order chi connectivity index (χ1) is 7.83. The molecule has 0 bridgehead atoms. The van der Waals surface area contributed by atoms with Crippen molar-refractivity contribution in [2.45, 2.75) is 39.7 Å². The quantitative estimate of drug-likeness (QED) is 0.897. The molecule has 0 spiro atoms. The highest BCUT2D eigenvalue weighted by Gasteiger charge is 2.15. The molecule has 0 amide bonds. The van der Waals surface area contributed by atoms with Crippen LogP contribution < -0.4 is 4.74 Å². The van der Waals surface area contributed by atoms with Crippen LogP contribution in [-0.2, 0) is 0 Å². The number of benzene rings is 1. The molecule has 1 unspecified atom stereocenters. The van der Waals surface area contributed by atoms with Crippen molar-refractivity contribution in [3.8, 4) is 5.75 Å². The summed E-state index contributed by atoms with van der Waals surface area (Å²) < 4.78 is 6.05. The van der Waals surface area contributed by atoms with Gasteiger partial charge in [-0.25, -0.2) is 0 Å². The van der Waals surface area contributed by atoms with E-state index in [9.17, 15) is 5.11 Å². The fourth-order valence-corrected chi connectivity index (χ4v) is 2.18. The maximum Gasteiger partial charge on any atom is 0.133 e. The van der Waals surface area contributed by atoms with Crippen LogP contribution in [0.5, 0.6) is 5.75 Å². The molecule has 0 aliphatic heterocycles. The van der Waals surface area contributed by atoms with E-state index in [1.165, 1.54) is 0 Å². The standard InChI is InChI=1S/C14H21BrO2/c1-14(2,3)8-7-12(16)10-5-6-13(17-4)11(15)9-10/h5-6,9,12,16H,7-8H2,1-4H3. The van der Waals surface area contributed by atoms with Gasteiger partial charge in [-0.15, -0.1) is 0 Å². The number of aliphatic hydroxyl groups excluding tert-OH is 1. The Hall–Kier alpha value is -0.540. The lowest BCUT2D eigenvalue weighted by atomic mass is 9.88. The zero-order chi connectivity index (χ0) is 13.1. The van der Waals surface area contributed by atoms with Crippen LogP contribution in [-0.4, -0.2) is 12.2 Å². The summed E-state index contributed by atoms with van der Waals surface area (Å²) in [7, 11) is 1.63. The Balaban J connectivity index is 2.69. The average Bonchev–Trinajstić information content (AvgIpc) is 2.24. The van der Waals surface area contributed by atoms with Crippen LogP contribution in [0, 0.1) is 5.41 Å². The number of aliphatic hydroxyl groups is 1. The average molecular weight is 301 g/mol. The summed E-state index contributed by atoms with van der Waals surface area (Å²) in [5.74, 6) is 0.789. The molecule has 1 aromatic rings. The van der Waals surface area contributed by atoms with Crippen LogP contribution in [0.3, 0.4) is 0 Å². The van der Waals surface area contributed by atoms with E-state index >= 15 is 0 Å². The molecule has 0 saturated heterocycles. The van der Waals surface area contributed by atoms with Gasteiger partial charge in [0.05, 0.1) is 17.7 Å². The molecular weight excluding hydrogens is 280 g/mol. The molecule has 2 nitrogen and oxygen atoms in total. The minimum absolute atomic E-state index is 0.255. The number of halogens is 1. The molecule has 0 aliphatic carbocycles. The van der Waals surface area contributed by atoms with Crippen molar-refractivity contribution in [2.75, 3.05) is 7.11 Å². The summed E-state index contributed by atoms with van der Waals surface area (Å²) >= 11 is 3.43. The van der Waals surface area contributed by atoms with Gasteiger partial charge in [0.25, 0.3) is 0 Å². The zero-order valence-electron chi connectivity index (χ0n) is 11.0. The molecule has 0 radical (unpaired) electrons. The lowest BCUT2D eigenvalue weighted by Gasteiger charge is -2.20. The molecule has 1 rings (SSSR count). The van der Waals surface area contributed by atoms with Gasteiger partial charge in [0, 0.05) is 0 Å². The van der Waals surface area contributed by atoms with Crippen LogP contribution in [0.1, 0.15) is 45.3 Å². The predicted octanol–water partition coefficient (Wildman–Crippen LogP) is 4.32. The van der Waals surface area contributed by atoms with E-state index in [1.54, 1.807) is 7.11 Å². The Morgan fingerprint density at radius 2 is 2.00 bits per heavy atom. The Bertz CT molecular complexity index is 369. The van der Waals surface area contributed by atoms with Crippen LogP contribution in [0.15, 0.2) is 22.7 Å². The van der Waals surface area contributed by atoms with Crippen LogP contribution in [0.4, 0.5) is 0 Å². The molecular formula is C14H21BrO2. The van der Waals surface area contributed by atoms with E-state index in [0.29, 0.717) is 0 Å². The van der Waals surface area contributed by atoms with Crippen molar-refractivity contribution in [1.29, 1.82) is 0 Å². The number of methoxy groups -OCH3 is 1. The van der Waals surface area contributed by atoms with E-state index in [4.69, 9.17) is 4.74 Å². The Labute approximate surface area is 112 Å². The molecule has 3 heteroatoms.